The largest absolute Gasteiger partial charge is 0.480 e. The van der Waals surface area contributed by atoms with Gasteiger partial charge in [0.05, 0.1) is 11.3 Å². The number of aryl methyl sites for hydroxylation is 1. The number of benzene rings is 3. The van der Waals surface area contributed by atoms with Gasteiger partial charge in [-0.3, -0.25) is 19.3 Å². The number of carbonyl (C=O) groups excluding carboxylic acids is 4. The molecule has 2 aliphatic rings. The molecule has 3 aromatic carbocycles. The van der Waals surface area contributed by atoms with Crippen molar-refractivity contribution < 1.29 is 29.1 Å². The molecule has 3 unspecified atom stereocenters. The molecule has 0 spiro atoms. The molecule has 5 N–H and O–H groups in total. The molecule has 43 heavy (non-hydrogen) atoms. The van der Waals surface area contributed by atoms with Crippen molar-refractivity contribution in [2.45, 2.75) is 44.3 Å². The summed E-state index contributed by atoms with van der Waals surface area (Å²) in [6.07, 6.45) is -0.168. The molecule has 1 fully saturated rings. The molecule has 3 heterocycles. The lowest BCUT2D eigenvalue weighted by Crippen LogP contribution is -2.44. The number of fused-ring (bicyclic) bond motifs is 4. The molecular weight excluding hydrogens is 550 g/mol. The number of carbonyl (C=O) groups is 5. The molecule has 3 atom stereocenters. The Morgan fingerprint density at radius 3 is 2.44 bits per heavy atom. The van der Waals surface area contributed by atoms with Crippen molar-refractivity contribution in [1.82, 2.24) is 15.2 Å². The van der Waals surface area contributed by atoms with E-state index in [1.54, 1.807) is 17.0 Å². The third-order valence-electron chi connectivity index (χ3n) is 8.11. The average Bonchev–Trinajstić information content (AvgIpc) is 3.48. The van der Waals surface area contributed by atoms with Gasteiger partial charge in [0.25, 0.3) is 11.8 Å². The van der Waals surface area contributed by atoms with Gasteiger partial charge in [0.1, 0.15) is 18.1 Å². The molecule has 1 aromatic heterocycles. The van der Waals surface area contributed by atoms with E-state index in [4.69, 9.17) is 5.73 Å². The number of para-hydroxylation sites is 2. The standard InChI is InChI=1S/C32H29N5O6/c1-17-10-12-18(13-11-17)28-27-21(19-6-2-4-8-22(19)34-27)16-25-30(40)37(32(43)36(25)28)24-9-5-3-7-20(24)29(39)35-23(31(41)42)14-15-26(33)38/h2-13,23,25,28,34H,14-16H2,1H3,(H2,33,38)(H,35,39)(H,41,42). The first-order valence-electron chi connectivity index (χ1n) is 13.9. The Morgan fingerprint density at radius 1 is 1.02 bits per heavy atom. The highest BCUT2D eigenvalue weighted by molar-refractivity contribution is 6.24. The Hall–Kier alpha value is -5.45. The van der Waals surface area contributed by atoms with Crippen molar-refractivity contribution in [2.75, 3.05) is 4.90 Å². The van der Waals surface area contributed by atoms with Gasteiger partial charge in [-0.1, -0.05) is 60.2 Å². The predicted molar refractivity (Wildman–Crippen MR) is 157 cm³/mol. The van der Waals surface area contributed by atoms with E-state index >= 15 is 0 Å². The summed E-state index contributed by atoms with van der Waals surface area (Å²) in [4.78, 5) is 70.7. The Bertz CT molecular complexity index is 1800. The van der Waals surface area contributed by atoms with Crippen molar-refractivity contribution in [2.24, 2.45) is 5.73 Å². The summed E-state index contributed by atoms with van der Waals surface area (Å²) in [7, 11) is 0. The third-order valence-corrected chi connectivity index (χ3v) is 8.11. The van der Waals surface area contributed by atoms with Crippen LogP contribution in [-0.4, -0.2) is 56.8 Å². The number of rotatable bonds is 8. The molecule has 11 nitrogen and oxygen atoms in total. The molecule has 1 saturated heterocycles. The first-order chi connectivity index (χ1) is 20.7. The van der Waals surface area contributed by atoms with Gasteiger partial charge in [0.2, 0.25) is 5.91 Å². The first-order valence-corrected chi connectivity index (χ1v) is 13.9. The number of nitrogens with one attached hydrogen (secondary N) is 2. The maximum atomic E-state index is 14.2. The van der Waals surface area contributed by atoms with Gasteiger partial charge in [-0.05, 0) is 42.7 Å². The molecular formula is C32H29N5O6. The lowest BCUT2D eigenvalue weighted by molar-refractivity contribution is -0.139. The molecule has 0 radical (unpaired) electrons. The first kappa shape index (κ1) is 27.7. The second-order valence-corrected chi connectivity index (χ2v) is 10.8. The Balaban J connectivity index is 1.40. The maximum absolute atomic E-state index is 14.2. The Labute approximate surface area is 246 Å². The minimum atomic E-state index is -1.39. The predicted octanol–water partition coefficient (Wildman–Crippen LogP) is 3.41. The van der Waals surface area contributed by atoms with Crippen molar-refractivity contribution in [3.63, 3.8) is 0 Å². The minimum absolute atomic E-state index is 0.0413. The number of aliphatic carboxylic acids is 1. The summed E-state index contributed by atoms with van der Waals surface area (Å²) in [6.45, 7) is 1.97. The quantitative estimate of drug-likeness (QED) is 0.234. The van der Waals surface area contributed by atoms with Crippen LogP contribution in [-0.2, 0) is 20.8 Å². The molecule has 2 aliphatic heterocycles. The second-order valence-electron chi connectivity index (χ2n) is 10.8. The highest BCUT2D eigenvalue weighted by atomic mass is 16.4. The smallest absolute Gasteiger partial charge is 0.332 e. The highest BCUT2D eigenvalue weighted by Crippen LogP contribution is 2.45. The fourth-order valence-electron chi connectivity index (χ4n) is 6.03. The van der Waals surface area contributed by atoms with Crippen LogP contribution in [0.5, 0.6) is 0 Å². The van der Waals surface area contributed by atoms with Crippen LogP contribution < -0.4 is 16.0 Å². The van der Waals surface area contributed by atoms with Gasteiger partial charge < -0.3 is 21.1 Å². The van der Waals surface area contributed by atoms with Crippen LogP contribution in [0.4, 0.5) is 10.5 Å². The topological polar surface area (TPSA) is 166 Å². The number of nitrogens with two attached hydrogens (primary N) is 1. The molecule has 5 amide bonds. The van der Waals surface area contributed by atoms with Crippen LogP contribution in [0, 0.1) is 6.92 Å². The van der Waals surface area contributed by atoms with Gasteiger partial charge >= 0.3 is 12.0 Å². The Kier molecular flexibility index (Phi) is 6.93. The zero-order valence-electron chi connectivity index (χ0n) is 23.2. The van der Waals surface area contributed by atoms with E-state index in [0.717, 1.165) is 38.2 Å². The zero-order chi connectivity index (χ0) is 30.4. The van der Waals surface area contributed by atoms with E-state index in [2.05, 4.69) is 10.3 Å². The van der Waals surface area contributed by atoms with E-state index in [9.17, 15) is 29.1 Å². The van der Waals surface area contributed by atoms with E-state index in [-0.39, 0.29) is 30.5 Å². The number of aromatic nitrogens is 1. The summed E-state index contributed by atoms with van der Waals surface area (Å²) in [6, 6.07) is 18.3. The molecule has 11 heteroatoms. The van der Waals surface area contributed by atoms with E-state index < -0.39 is 47.8 Å². The summed E-state index contributed by atoms with van der Waals surface area (Å²) in [5.74, 6) is -3.33. The maximum Gasteiger partial charge on any atom is 0.332 e. The molecule has 0 aliphatic carbocycles. The van der Waals surface area contributed by atoms with Gasteiger partial charge in [-0.25, -0.2) is 14.5 Å². The molecule has 6 rings (SSSR count). The fraction of sp³-hybridized carbons (Fsp3) is 0.219. The minimum Gasteiger partial charge on any atom is -0.480 e. The summed E-state index contributed by atoms with van der Waals surface area (Å²) in [5, 5.41) is 13.0. The molecule has 218 valence electrons. The van der Waals surface area contributed by atoms with Crippen LogP contribution >= 0.6 is 0 Å². The number of carboxylic acids is 1. The van der Waals surface area contributed by atoms with Crippen LogP contribution in [0.25, 0.3) is 10.9 Å². The van der Waals surface area contributed by atoms with Crippen molar-refractivity contribution in [3.05, 3.63) is 101 Å². The normalized spacial score (nSPS) is 18.3. The van der Waals surface area contributed by atoms with Gasteiger partial charge in [-0.2, -0.15) is 0 Å². The number of anilines is 1. The number of amides is 5. The number of carboxylic acid groups (broad SMARTS) is 1. The lowest BCUT2D eigenvalue weighted by atomic mass is 9.88. The van der Waals surface area contributed by atoms with Crippen LogP contribution in [0.2, 0.25) is 0 Å². The van der Waals surface area contributed by atoms with Gasteiger partial charge in [0.15, 0.2) is 0 Å². The summed E-state index contributed by atoms with van der Waals surface area (Å²) >= 11 is 0. The van der Waals surface area contributed by atoms with Gasteiger partial charge in [-0.15, -0.1) is 0 Å². The Morgan fingerprint density at radius 2 is 1.72 bits per heavy atom. The molecule has 0 saturated carbocycles. The molecule has 4 aromatic rings. The molecule has 0 bridgehead atoms. The van der Waals surface area contributed by atoms with Crippen LogP contribution in [0.3, 0.4) is 0 Å². The van der Waals surface area contributed by atoms with E-state index in [0.29, 0.717) is 0 Å². The van der Waals surface area contributed by atoms with Gasteiger partial charge in [0, 0.05) is 29.4 Å². The zero-order valence-corrected chi connectivity index (χ0v) is 23.2. The number of urea groups is 1. The number of H-pyrrole nitrogens is 1. The number of imide groups is 1. The fourth-order valence-corrected chi connectivity index (χ4v) is 6.03. The number of primary amides is 1. The van der Waals surface area contributed by atoms with Crippen molar-refractivity contribution in [1.29, 1.82) is 0 Å². The monoisotopic (exact) mass is 579 g/mol. The SMILES string of the molecule is Cc1ccc(C2c3[nH]c4ccccc4c3CC3C(=O)N(c4ccccc4C(=O)NC(CCC(N)=O)C(=O)O)C(=O)N32)cc1. The average molecular weight is 580 g/mol. The van der Waals surface area contributed by atoms with E-state index in [1.807, 2.05) is 55.5 Å². The third kappa shape index (κ3) is 4.78. The summed E-state index contributed by atoms with van der Waals surface area (Å²) < 4.78 is 0. The second kappa shape index (κ2) is 10.8. The van der Waals surface area contributed by atoms with Crippen LogP contribution in [0.15, 0.2) is 72.8 Å². The van der Waals surface area contributed by atoms with Crippen molar-refractivity contribution in [3.8, 4) is 0 Å². The summed E-state index contributed by atoms with van der Waals surface area (Å²) in [5.41, 5.74) is 9.72. The highest BCUT2D eigenvalue weighted by Gasteiger charge is 2.53. The number of aromatic amines is 1. The number of hydrogen-bond donors (Lipinski definition) is 4. The lowest BCUT2D eigenvalue weighted by Gasteiger charge is -2.36. The number of hydrogen-bond acceptors (Lipinski definition) is 5. The van der Waals surface area contributed by atoms with Crippen LogP contribution in [0.1, 0.15) is 51.6 Å². The van der Waals surface area contributed by atoms with E-state index in [1.165, 1.54) is 12.1 Å². The number of nitrogens with zero attached hydrogens (tertiary/aromatic N) is 2. The van der Waals surface area contributed by atoms with Crippen molar-refractivity contribution >= 4 is 46.3 Å².